The van der Waals surface area contributed by atoms with Crippen LogP contribution in [0, 0.1) is 18.8 Å². The van der Waals surface area contributed by atoms with Gasteiger partial charge in [-0.2, -0.15) is 0 Å². The largest absolute Gasteiger partial charge is 0.383 e. The van der Waals surface area contributed by atoms with Gasteiger partial charge in [0, 0.05) is 27.0 Å². The number of hydrogen-bond acceptors (Lipinski definition) is 5. The number of nitrogens with two attached hydrogens (primary N) is 1. The minimum atomic E-state index is -0.632. The number of piperidine rings is 1. The number of nitrogens with zero attached hydrogens (tertiary/aromatic N) is 2. The molecule has 0 spiro atoms. The number of hydrogen-bond donors (Lipinski definition) is 3. The molecule has 166 valence electrons. The molecule has 1 saturated heterocycles. The molecule has 1 aromatic rings. The standard InChI is InChI=1S/C22H33N5O3.H2/c1-13-4-9-19(16-5-7-17(8-6-16)25-15(3)28)27(12-13)22(30)21(29)26-18-10-14(2)20(23)24-11-18;/h10-11,13,16-17,19H,4-9,12H2,1-3H3,(H2,23,24)(H,25,28)(H,26,29);1H/t13-,16?,17?,19+;/m0./s1. The minimum absolute atomic E-state index is 0. The van der Waals surface area contributed by atoms with Crippen molar-refractivity contribution in [2.45, 2.75) is 71.4 Å². The van der Waals surface area contributed by atoms with Crippen molar-refractivity contribution in [3.63, 3.8) is 0 Å². The molecule has 0 aromatic carbocycles. The third kappa shape index (κ3) is 5.29. The molecule has 2 atom stereocenters. The Labute approximate surface area is 179 Å². The lowest BCUT2D eigenvalue weighted by atomic mass is 9.77. The van der Waals surface area contributed by atoms with Crippen molar-refractivity contribution in [3.05, 3.63) is 17.8 Å². The number of anilines is 2. The van der Waals surface area contributed by atoms with Crippen LogP contribution in [0.5, 0.6) is 0 Å². The fraction of sp³-hybridized carbons (Fsp3) is 0.636. The van der Waals surface area contributed by atoms with Gasteiger partial charge in [0.05, 0.1) is 11.9 Å². The lowest BCUT2D eigenvalue weighted by Gasteiger charge is -2.44. The van der Waals surface area contributed by atoms with E-state index in [1.165, 1.54) is 6.20 Å². The summed E-state index contributed by atoms with van der Waals surface area (Å²) in [5.74, 6) is 0.0239. The molecular weight excluding hydrogens is 382 g/mol. The summed E-state index contributed by atoms with van der Waals surface area (Å²) in [7, 11) is 0. The number of pyridine rings is 1. The molecule has 2 heterocycles. The molecular formula is C22H35N5O3. The Morgan fingerprint density at radius 1 is 1.17 bits per heavy atom. The normalized spacial score (nSPS) is 26.7. The molecule has 8 heteroatoms. The van der Waals surface area contributed by atoms with Crippen molar-refractivity contribution >= 4 is 29.2 Å². The molecule has 0 bridgehead atoms. The van der Waals surface area contributed by atoms with Gasteiger partial charge in [0.25, 0.3) is 0 Å². The molecule has 4 N–H and O–H groups in total. The average Bonchev–Trinajstić information content (AvgIpc) is 2.70. The zero-order valence-electron chi connectivity index (χ0n) is 18.1. The summed E-state index contributed by atoms with van der Waals surface area (Å²) in [4.78, 5) is 42.9. The summed E-state index contributed by atoms with van der Waals surface area (Å²) in [6.07, 6.45) is 7.18. The number of amides is 3. The number of rotatable bonds is 3. The van der Waals surface area contributed by atoms with E-state index < -0.39 is 11.8 Å². The van der Waals surface area contributed by atoms with Gasteiger partial charge in [-0.05, 0) is 68.9 Å². The summed E-state index contributed by atoms with van der Waals surface area (Å²) in [6, 6.07) is 2.01. The van der Waals surface area contributed by atoms with Gasteiger partial charge in [0.15, 0.2) is 0 Å². The zero-order chi connectivity index (χ0) is 21.8. The van der Waals surface area contributed by atoms with Crippen molar-refractivity contribution in [2.24, 2.45) is 11.8 Å². The van der Waals surface area contributed by atoms with Gasteiger partial charge in [0.1, 0.15) is 5.82 Å². The highest BCUT2D eigenvalue weighted by atomic mass is 16.2. The fourth-order valence-corrected chi connectivity index (χ4v) is 4.80. The first-order valence-electron chi connectivity index (χ1n) is 10.9. The van der Waals surface area contributed by atoms with Crippen LogP contribution in [0.4, 0.5) is 11.5 Å². The second-order valence-electron chi connectivity index (χ2n) is 8.90. The molecule has 1 aliphatic carbocycles. The lowest BCUT2D eigenvalue weighted by Crippen LogP contribution is -2.54. The number of carbonyl (C=O) groups excluding carboxylic acids is 3. The highest BCUT2D eigenvalue weighted by Gasteiger charge is 2.39. The molecule has 0 unspecified atom stereocenters. The van der Waals surface area contributed by atoms with Gasteiger partial charge < -0.3 is 21.3 Å². The van der Waals surface area contributed by atoms with Crippen LogP contribution < -0.4 is 16.4 Å². The number of aryl methyl sites for hydroxylation is 1. The number of carbonyl (C=O) groups is 3. The van der Waals surface area contributed by atoms with E-state index in [1.54, 1.807) is 24.8 Å². The van der Waals surface area contributed by atoms with Crippen molar-refractivity contribution in [1.82, 2.24) is 15.2 Å². The molecule has 2 fully saturated rings. The Morgan fingerprint density at radius 3 is 2.50 bits per heavy atom. The summed E-state index contributed by atoms with van der Waals surface area (Å²) < 4.78 is 0. The van der Waals surface area contributed by atoms with E-state index in [0.29, 0.717) is 29.9 Å². The summed E-state index contributed by atoms with van der Waals surface area (Å²) >= 11 is 0. The topological polar surface area (TPSA) is 117 Å². The third-order valence-corrected chi connectivity index (χ3v) is 6.42. The maximum Gasteiger partial charge on any atom is 0.313 e. The Hall–Kier alpha value is -2.64. The number of nitrogens with one attached hydrogen (secondary N) is 2. The summed E-state index contributed by atoms with van der Waals surface area (Å²) in [6.45, 7) is 6.07. The fourth-order valence-electron chi connectivity index (χ4n) is 4.80. The number of nitrogen functional groups attached to an aromatic ring is 1. The van der Waals surface area contributed by atoms with Gasteiger partial charge >= 0.3 is 11.8 Å². The van der Waals surface area contributed by atoms with Crippen LogP contribution in [0.25, 0.3) is 0 Å². The van der Waals surface area contributed by atoms with Crippen LogP contribution in [-0.2, 0) is 14.4 Å². The molecule has 2 aliphatic rings. The molecule has 1 aliphatic heterocycles. The van der Waals surface area contributed by atoms with Crippen LogP contribution in [-0.4, -0.2) is 46.2 Å². The van der Waals surface area contributed by atoms with E-state index in [-0.39, 0.29) is 19.4 Å². The van der Waals surface area contributed by atoms with Gasteiger partial charge in [-0.15, -0.1) is 0 Å². The quantitative estimate of drug-likeness (QED) is 0.653. The lowest BCUT2D eigenvalue weighted by molar-refractivity contribution is -0.147. The molecule has 30 heavy (non-hydrogen) atoms. The van der Waals surface area contributed by atoms with Crippen molar-refractivity contribution in [3.8, 4) is 0 Å². The predicted octanol–water partition coefficient (Wildman–Crippen LogP) is 2.48. The Kier molecular flexibility index (Phi) is 6.95. The Morgan fingerprint density at radius 2 is 1.87 bits per heavy atom. The van der Waals surface area contributed by atoms with E-state index in [1.807, 2.05) is 0 Å². The highest BCUT2D eigenvalue weighted by Crippen LogP contribution is 2.35. The first-order chi connectivity index (χ1) is 14.2. The van der Waals surface area contributed by atoms with Crippen molar-refractivity contribution in [1.29, 1.82) is 0 Å². The highest BCUT2D eigenvalue weighted by molar-refractivity contribution is 6.39. The SMILES string of the molecule is CC(=O)NC1CCC([C@H]2CC[C@H](C)CN2C(=O)C(=O)Nc2cnc(N)c(C)c2)CC1.[HH]. The second-order valence-corrected chi connectivity index (χ2v) is 8.90. The number of aromatic nitrogens is 1. The van der Waals surface area contributed by atoms with Crippen LogP contribution in [0.3, 0.4) is 0 Å². The van der Waals surface area contributed by atoms with E-state index in [2.05, 4.69) is 22.5 Å². The predicted molar refractivity (Wildman–Crippen MR) is 118 cm³/mol. The first-order valence-corrected chi connectivity index (χ1v) is 10.9. The molecule has 1 saturated carbocycles. The second kappa shape index (κ2) is 9.45. The van der Waals surface area contributed by atoms with E-state index in [9.17, 15) is 14.4 Å². The van der Waals surface area contributed by atoms with Gasteiger partial charge in [-0.1, -0.05) is 6.92 Å². The van der Waals surface area contributed by atoms with E-state index >= 15 is 0 Å². The van der Waals surface area contributed by atoms with Crippen molar-refractivity contribution < 1.29 is 15.8 Å². The zero-order valence-corrected chi connectivity index (χ0v) is 18.1. The summed E-state index contributed by atoms with van der Waals surface area (Å²) in [5.41, 5.74) is 6.95. The van der Waals surface area contributed by atoms with Gasteiger partial charge in [-0.3, -0.25) is 14.4 Å². The molecule has 3 rings (SSSR count). The number of likely N-dealkylation sites (tertiary alicyclic amines) is 1. The van der Waals surface area contributed by atoms with Crippen molar-refractivity contribution in [2.75, 3.05) is 17.6 Å². The Balaban J connectivity index is 0.00000341. The van der Waals surface area contributed by atoms with Crippen LogP contribution >= 0.6 is 0 Å². The molecule has 8 nitrogen and oxygen atoms in total. The third-order valence-electron chi connectivity index (χ3n) is 6.42. The molecule has 1 aromatic heterocycles. The van der Waals surface area contributed by atoms with Crippen LogP contribution in [0.1, 0.15) is 59.4 Å². The minimum Gasteiger partial charge on any atom is -0.383 e. The van der Waals surface area contributed by atoms with Gasteiger partial charge in [-0.25, -0.2) is 4.98 Å². The smallest absolute Gasteiger partial charge is 0.313 e. The monoisotopic (exact) mass is 417 g/mol. The average molecular weight is 418 g/mol. The van der Waals surface area contributed by atoms with Gasteiger partial charge in [0.2, 0.25) is 5.91 Å². The maximum absolute atomic E-state index is 13.1. The molecule has 0 radical (unpaired) electrons. The van der Waals surface area contributed by atoms with E-state index in [0.717, 1.165) is 44.1 Å². The van der Waals surface area contributed by atoms with E-state index in [4.69, 9.17) is 5.73 Å². The maximum atomic E-state index is 13.1. The summed E-state index contributed by atoms with van der Waals surface area (Å²) in [5, 5.41) is 5.68. The first kappa shape index (κ1) is 22.1. The Bertz CT molecular complexity index is 810. The van der Waals surface area contributed by atoms with Crippen LogP contribution in [0.15, 0.2) is 12.3 Å². The van der Waals surface area contributed by atoms with Crippen LogP contribution in [0.2, 0.25) is 0 Å². The molecule has 3 amide bonds.